The van der Waals surface area contributed by atoms with Crippen LogP contribution in [0.15, 0.2) is 47.6 Å². The molecule has 0 saturated carbocycles. The summed E-state index contributed by atoms with van der Waals surface area (Å²) in [5.74, 6) is 1.38. The van der Waals surface area contributed by atoms with Crippen LogP contribution in [0.2, 0.25) is 5.02 Å². The standard InChI is InChI=1S/C17H18ClNO3/c1-3-21-16-9-6-14(10-17(16)20-2)11-19-22-12-13-4-7-15(18)8-5-13/h4-11H,3,12H2,1-2H3/b19-11+. The molecule has 0 saturated heterocycles. The summed E-state index contributed by atoms with van der Waals surface area (Å²) >= 11 is 5.82. The van der Waals surface area contributed by atoms with E-state index in [0.29, 0.717) is 29.7 Å². The average Bonchev–Trinajstić information content (AvgIpc) is 2.54. The minimum atomic E-state index is 0.391. The first kappa shape index (κ1) is 16.2. The van der Waals surface area contributed by atoms with Crippen LogP contribution in [0.5, 0.6) is 11.5 Å². The Morgan fingerprint density at radius 1 is 1.09 bits per heavy atom. The molecule has 0 unspecified atom stereocenters. The van der Waals surface area contributed by atoms with Crippen LogP contribution in [0.4, 0.5) is 0 Å². The maximum atomic E-state index is 5.82. The van der Waals surface area contributed by atoms with Gasteiger partial charge in [0.2, 0.25) is 0 Å². The number of nitrogens with zero attached hydrogens (tertiary/aromatic N) is 1. The normalized spacial score (nSPS) is 10.7. The number of ether oxygens (including phenoxy) is 2. The molecular formula is C17H18ClNO3. The van der Waals surface area contributed by atoms with Crippen molar-refractivity contribution in [1.29, 1.82) is 0 Å². The number of benzene rings is 2. The van der Waals surface area contributed by atoms with Crippen LogP contribution < -0.4 is 9.47 Å². The molecule has 22 heavy (non-hydrogen) atoms. The Balaban J connectivity index is 1.93. The number of hydrogen-bond donors (Lipinski definition) is 0. The summed E-state index contributed by atoms with van der Waals surface area (Å²) < 4.78 is 10.7. The third-order valence-electron chi connectivity index (χ3n) is 2.91. The van der Waals surface area contributed by atoms with Crippen molar-refractivity contribution in [3.63, 3.8) is 0 Å². The van der Waals surface area contributed by atoms with E-state index in [1.54, 1.807) is 13.3 Å². The lowest BCUT2D eigenvalue weighted by molar-refractivity contribution is 0.132. The molecule has 0 spiro atoms. The lowest BCUT2D eigenvalue weighted by Gasteiger charge is -2.09. The van der Waals surface area contributed by atoms with E-state index in [9.17, 15) is 0 Å². The third-order valence-corrected chi connectivity index (χ3v) is 3.16. The molecule has 0 atom stereocenters. The smallest absolute Gasteiger partial charge is 0.161 e. The summed E-state index contributed by atoms with van der Waals surface area (Å²) in [5.41, 5.74) is 1.88. The second kappa shape index (κ2) is 8.29. The Hall–Kier alpha value is -2.20. The topological polar surface area (TPSA) is 40.0 Å². The Kier molecular flexibility index (Phi) is 6.10. The van der Waals surface area contributed by atoms with Gasteiger partial charge >= 0.3 is 0 Å². The summed E-state index contributed by atoms with van der Waals surface area (Å²) in [6.45, 7) is 2.91. The molecule has 0 N–H and O–H groups in total. The molecule has 5 heteroatoms. The lowest BCUT2D eigenvalue weighted by Crippen LogP contribution is -1.96. The monoisotopic (exact) mass is 319 g/mol. The number of hydrogen-bond acceptors (Lipinski definition) is 4. The van der Waals surface area contributed by atoms with E-state index in [1.807, 2.05) is 49.4 Å². The minimum Gasteiger partial charge on any atom is -0.493 e. The summed E-state index contributed by atoms with van der Waals surface area (Å²) in [6.07, 6.45) is 1.63. The van der Waals surface area contributed by atoms with Crippen LogP contribution in [-0.2, 0) is 11.4 Å². The summed E-state index contributed by atoms with van der Waals surface area (Å²) in [5, 5.41) is 4.66. The summed E-state index contributed by atoms with van der Waals surface area (Å²) in [7, 11) is 1.61. The van der Waals surface area contributed by atoms with Gasteiger partial charge in [-0.15, -0.1) is 0 Å². The van der Waals surface area contributed by atoms with Gasteiger partial charge in [-0.2, -0.15) is 0 Å². The molecule has 4 nitrogen and oxygen atoms in total. The second-order valence-corrected chi connectivity index (χ2v) is 4.91. The number of methoxy groups -OCH3 is 1. The van der Waals surface area contributed by atoms with E-state index in [0.717, 1.165) is 11.1 Å². The molecule has 116 valence electrons. The highest BCUT2D eigenvalue weighted by Crippen LogP contribution is 2.27. The van der Waals surface area contributed by atoms with E-state index >= 15 is 0 Å². The molecule has 0 heterocycles. The third kappa shape index (κ3) is 4.67. The molecule has 0 aromatic heterocycles. The largest absolute Gasteiger partial charge is 0.493 e. The van der Waals surface area contributed by atoms with Crippen LogP contribution in [0.25, 0.3) is 0 Å². The average molecular weight is 320 g/mol. The van der Waals surface area contributed by atoms with Crippen LogP contribution >= 0.6 is 11.6 Å². The Morgan fingerprint density at radius 3 is 2.55 bits per heavy atom. The highest BCUT2D eigenvalue weighted by atomic mass is 35.5. The molecule has 0 aliphatic carbocycles. The van der Waals surface area contributed by atoms with Gasteiger partial charge < -0.3 is 14.3 Å². The van der Waals surface area contributed by atoms with Crippen LogP contribution in [-0.4, -0.2) is 19.9 Å². The molecule has 2 rings (SSSR count). The fraction of sp³-hybridized carbons (Fsp3) is 0.235. The number of oxime groups is 1. The zero-order valence-corrected chi connectivity index (χ0v) is 13.3. The fourth-order valence-corrected chi connectivity index (χ4v) is 1.96. The van der Waals surface area contributed by atoms with Gasteiger partial charge in [-0.1, -0.05) is 28.9 Å². The van der Waals surface area contributed by atoms with E-state index in [-0.39, 0.29) is 0 Å². The van der Waals surface area contributed by atoms with Crippen LogP contribution in [0.1, 0.15) is 18.1 Å². The van der Waals surface area contributed by atoms with E-state index in [4.69, 9.17) is 25.9 Å². The molecular weight excluding hydrogens is 302 g/mol. The molecule has 0 radical (unpaired) electrons. The Bertz CT molecular complexity index is 626. The van der Waals surface area contributed by atoms with Crippen molar-refractivity contribution in [3.8, 4) is 11.5 Å². The lowest BCUT2D eigenvalue weighted by atomic mass is 10.2. The van der Waals surface area contributed by atoms with Gasteiger partial charge in [-0.05, 0) is 42.8 Å². The molecule has 0 bridgehead atoms. The molecule has 0 aliphatic rings. The Morgan fingerprint density at radius 2 is 1.86 bits per heavy atom. The van der Waals surface area contributed by atoms with Crippen molar-refractivity contribution < 1.29 is 14.3 Å². The van der Waals surface area contributed by atoms with Crippen molar-refractivity contribution >= 4 is 17.8 Å². The van der Waals surface area contributed by atoms with E-state index in [1.165, 1.54) is 0 Å². The predicted octanol–water partition coefficient (Wildman–Crippen LogP) is 4.30. The SMILES string of the molecule is CCOc1ccc(/C=N/OCc2ccc(Cl)cc2)cc1OC. The predicted molar refractivity (Wildman–Crippen MR) is 88.0 cm³/mol. The quantitative estimate of drug-likeness (QED) is 0.564. The molecule has 2 aromatic rings. The molecule has 0 fully saturated rings. The number of halogens is 1. The van der Waals surface area contributed by atoms with Crippen molar-refractivity contribution in [2.45, 2.75) is 13.5 Å². The summed E-state index contributed by atoms with van der Waals surface area (Å²) in [6, 6.07) is 13.0. The minimum absolute atomic E-state index is 0.391. The van der Waals surface area contributed by atoms with Gasteiger partial charge in [0.1, 0.15) is 6.61 Å². The highest BCUT2D eigenvalue weighted by Gasteiger charge is 2.04. The van der Waals surface area contributed by atoms with Gasteiger partial charge in [-0.3, -0.25) is 0 Å². The first-order chi connectivity index (χ1) is 10.7. The van der Waals surface area contributed by atoms with Crippen molar-refractivity contribution in [2.75, 3.05) is 13.7 Å². The maximum absolute atomic E-state index is 5.82. The van der Waals surface area contributed by atoms with Crippen LogP contribution in [0.3, 0.4) is 0 Å². The van der Waals surface area contributed by atoms with Gasteiger partial charge in [0.25, 0.3) is 0 Å². The zero-order chi connectivity index (χ0) is 15.8. The van der Waals surface area contributed by atoms with Crippen molar-refractivity contribution in [3.05, 3.63) is 58.6 Å². The molecule has 0 amide bonds. The van der Waals surface area contributed by atoms with Crippen LogP contribution in [0, 0.1) is 0 Å². The zero-order valence-electron chi connectivity index (χ0n) is 12.6. The highest BCUT2D eigenvalue weighted by molar-refractivity contribution is 6.30. The molecule has 2 aromatic carbocycles. The Labute approximate surface area is 135 Å². The fourth-order valence-electron chi connectivity index (χ4n) is 1.83. The van der Waals surface area contributed by atoms with Gasteiger partial charge in [0.05, 0.1) is 19.9 Å². The van der Waals surface area contributed by atoms with Gasteiger partial charge in [0, 0.05) is 10.6 Å². The molecule has 0 aliphatic heterocycles. The number of rotatable bonds is 7. The summed E-state index contributed by atoms with van der Waals surface area (Å²) in [4.78, 5) is 5.27. The second-order valence-electron chi connectivity index (χ2n) is 4.48. The van der Waals surface area contributed by atoms with Gasteiger partial charge in [-0.25, -0.2) is 0 Å². The van der Waals surface area contributed by atoms with E-state index < -0.39 is 0 Å². The van der Waals surface area contributed by atoms with Crippen molar-refractivity contribution in [2.24, 2.45) is 5.16 Å². The van der Waals surface area contributed by atoms with Gasteiger partial charge in [0.15, 0.2) is 11.5 Å². The van der Waals surface area contributed by atoms with E-state index in [2.05, 4.69) is 5.16 Å². The first-order valence-electron chi connectivity index (χ1n) is 6.93. The van der Waals surface area contributed by atoms with Crippen molar-refractivity contribution in [1.82, 2.24) is 0 Å². The maximum Gasteiger partial charge on any atom is 0.161 e. The first-order valence-corrected chi connectivity index (χ1v) is 7.31.